The molecule has 4 atom stereocenters. The quantitative estimate of drug-likeness (QED) is 0.824. The SMILES string of the molecule is CCc1nn(C)cc1CNC(C)C1CC2C=CC1C2. The van der Waals surface area contributed by atoms with Crippen molar-refractivity contribution >= 4 is 0 Å². The van der Waals surface area contributed by atoms with Crippen LogP contribution in [-0.2, 0) is 20.0 Å². The Bertz CT molecular complexity index is 474. The van der Waals surface area contributed by atoms with Gasteiger partial charge in [-0.25, -0.2) is 0 Å². The van der Waals surface area contributed by atoms with Crippen LogP contribution in [0.4, 0.5) is 0 Å². The zero-order valence-corrected chi connectivity index (χ0v) is 12.3. The lowest BCUT2D eigenvalue weighted by atomic mass is 9.87. The van der Waals surface area contributed by atoms with E-state index in [4.69, 9.17) is 0 Å². The molecule has 1 fully saturated rings. The highest BCUT2D eigenvalue weighted by atomic mass is 15.3. The van der Waals surface area contributed by atoms with Crippen molar-refractivity contribution in [2.45, 2.75) is 45.7 Å². The molecular formula is C16H25N3. The van der Waals surface area contributed by atoms with Crippen LogP contribution in [0, 0.1) is 17.8 Å². The highest BCUT2D eigenvalue weighted by molar-refractivity contribution is 5.17. The van der Waals surface area contributed by atoms with Crippen molar-refractivity contribution < 1.29 is 0 Å². The van der Waals surface area contributed by atoms with Crippen molar-refractivity contribution in [1.29, 1.82) is 0 Å². The summed E-state index contributed by atoms with van der Waals surface area (Å²) in [6.07, 6.45) is 10.8. The van der Waals surface area contributed by atoms with E-state index in [9.17, 15) is 0 Å². The molecule has 3 nitrogen and oxygen atoms in total. The first kappa shape index (κ1) is 12.9. The summed E-state index contributed by atoms with van der Waals surface area (Å²) in [5.41, 5.74) is 2.59. The zero-order chi connectivity index (χ0) is 13.4. The van der Waals surface area contributed by atoms with Crippen molar-refractivity contribution in [3.05, 3.63) is 29.6 Å². The Morgan fingerprint density at radius 3 is 2.89 bits per heavy atom. The van der Waals surface area contributed by atoms with Gasteiger partial charge in [0.15, 0.2) is 0 Å². The van der Waals surface area contributed by atoms with Gasteiger partial charge in [0.2, 0.25) is 0 Å². The zero-order valence-electron chi connectivity index (χ0n) is 12.3. The fraction of sp³-hybridized carbons (Fsp3) is 0.688. The molecule has 2 aliphatic carbocycles. The Morgan fingerprint density at radius 2 is 2.26 bits per heavy atom. The van der Waals surface area contributed by atoms with E-state index in [0.29, 0.717) is 6.04 Å². The lowest BCUT2D eigenvalue weighted by Gasteiger charge is -2.26. The molecule has 3 rings (SSSR count). The van der Waals surface area contributed by atoms with Crippen LogP contribution in [0.2, 0.25) is 0 Å². The lowest BCUT2D eigenvalue weighted by molar-refractivity contribution is 0.326. The van der Waals surface area contributed by atoms with Gasteiger partial charge in [-0.2, -0.15) is 5.10 Å². The van der Waals surface area contributed by atoms with Gasteiger partial charge in [-0.1, -0.05) is 19.1 Å². The van der Waals surface area contributed by atoms with Gasteiger partial charge in [0.1, 0.15) is 0 Å². The molecule has 0 aromatic carbocycles. The minimum atomic E-state index is 0.602. The van der Waals surface area contributed by atoms with Crippen LogP contribution in [0.25, 0.3) is 0 Å². The summed E-state index contributed by atoms with van der Waals surface area (Å²) in [6, 6.07) is 0.602. The van der Waals surface area contributed by atoms with Crippen molar-refractivity contribution in [2.75, 3.05) is 0 Å². The Labute approximate surface area is 116 Å². The molecule has 4 unspecified atom stereocenters. The summed E-state index contributed by atoms with van der Waals surface area (Å²) in [7, 11) is 2.01. The molecule has 104 valence electrons. The average molecular weight is 259 g/mol. The van der Waals surface area contributed by atoms with Gasteiger partial charge in [0, 0.05) is 31.4 Å². The number of fused-ring (bicyclic) bond motifs is 2. The predicted molar refractivity (Wildman–Crippen MR) is 77.7 cm³/mol. The predicted octanol–water partition coefficient (Wildman–Crippen LogP) is 2.67. The van der Waals surface area contributed by atoms with E-state index in [2.05, 4.69) is 42.6 Å². The minimum absolute atomic E-state index is 0.602. The molecule has 0 spiro atoms. The van der Waals surface area contributed by atoms with E-state index in [-0.39, 0.29) is 0 Å². The van der Waals surface area contributed by atoms with E-state index < -0.39 is 0 Å². The summed E-state index contributed by atoms with van der Waals surface area (Å²) >= 11 is 0. The maximum Gasteiger partial charge on any atom is 0.0666 e. The topological polar surface area (TPSA) is 29.9 Å². The van der Waals surface area contributed by atoms with Crippen molar-refractivity contribution in [3.63, 3.8) is 0 Å². The summed E-state index contributed by atoms with van der Waals surface area (Å²) in [4.78, 5) is 0. The number of aryl methyl sites for hydroxylation is 2. The molecule has 19 heavy (non-hydrogen) atoms. The molecule has 0 amide bonds. The first-order valence-electron chi connectivity index (χ1n) is 7.60. The molecule has 1 heterocycles. The summed E-state index contributed by atoms with van der Waals surface area (Å²) in [5.74, 6) is 2.52. The number of nitrogens with zero attached hydrogens (tertiary/aromatic N) is 2. The van der Waals surface area contributed by atoms with E-state index in [1.54, 1.807) is 0 Å². The normalized spacial score (nSPS) is 30.2. The highest BCUT2D eigenvalue weighted by Crippen LogP contribution is 2.44. The number of aromatic nitrogens is 2. The Balaban J connectivity index is 1.58. The largest absolute Gasteiger partial charge is 0.310 e. The Kier molecular flexibility index (Phi) is 3.48. The first-order valence-corrected chi connectivity index (χ1v) is 7.60. The minimum Gasteiger partial charge on any atom is -0.310 e. The van der Waals surface area contributed by atoms with Crippen LogP contribution in [0.5, 0.6) is 0 Å². The van der Waals surface area contributed by atoms with Gasteiger partial charge in [0.05, 0.1) is 5.69 Å². The van der Waals surface area contributed by atoms with Crippen LogP contribution in [0.15, 0.2) is 18.3 Å². The van der Waals surface area contributed by atoms with Crippen LogP contribution in [0.3, 0.4) is 0 Å². The lowest BCUT2D eigenvalue weighted by Crippen LogP contribution is -2.35. The van der Waals surface area contributed by atoms with Gasteiger partial charge in [-0.15, -0.1) is 0 Å². The molecule has 0 saturated heterocycles. The van der Waals surface area contributed by atoms with Crippen molar-refractivity contribution in [2.24, 2.45) is 24.8 Å². The Hall–Kier alpha value is -1.09. The first-order chi connectivity index (χ1) is 9.17. The number of hydrogen-bond donors (Lipinski definition) is 1. The van der Waals surface area contributed by atoms with E-state index >= 15 is 0 Å². The summed E-state index contributed by atoms with van der Waals surface area (Å²) in [5, 5.41) is 8.23. The second-order valence-electron chi connectivity index (χ2n) is 6.24. The van der Waals surface area contributed by atoms with Gasteiger partial charge in [-0.3, -0.25) is 4.68 Å². The van der Waals surface area contributed by atoms with Crippen LogP contribution < -0.4 is 5.32 Å². The van der Waals surface area contributed by atoms with Gasteiger partial charge < -0.3 is 5.32 Å². The standard InChI is InChI=1S/C16H25N3/c1-4-16-14(10-19(3)18-16)9-17-11(2)15-8-12-5-6-13(15)7-12/h5-6,10-13,15,17H,4,7-9H2,1-3H3. The fourth-order valence-electron chi connectivity index (χ4n) is 3.85. The molecule has 1 saturated carbocycles. The second kappa shape index (κ2) is 5.12. The average Bonchev–Trinajstić information content (AvgIpc) is 3.10. The van der Waals surface area contributed by atoms with Crippen molar-refractivity contribution in [3.8, 4) is 0 Å². The monoisotopic (exact) mass is 259 g/mol. The molecule has 3 heteroatoms. The maximum atomic E-state index is 4.51. The number of rotatable bonds is 5. The maximum absolute atomic E-state index is 4.51. The molecule has 0 radical (unpaired) electrons. The molecular weight excluding hydrogens is 234 g/mol. The Morgan fingerprint density at radius 1 is 1.42 bits per heavy atom. The van der Waals surface area contributed by atoms with Crippen LogP contribution >= 0.6 is 0 Å². The number of allylic oxidation sites excluding steroid dienone is 2. The third kappa shape index (κ3) is 2.48. The molecule has 2 aliphatic rings. The number of hydrogen-bond acceptors (Lipinski definition) is 2. The third-order valence-corrected chi connectivity index (χ3v) is 4.91. The van der Waals surface area contributed by atoms with Gasteiger partial charge in [-0.05, 0) is 43.9 Å². The van der Waals surface area contributed by atoms with Crippen molar-refractivity contribution in [1.82, 2.24) is 15.1 Å². The second-order valence-corrected chi connectivity index (χ2v) is 6.24. The molecule has 1 N–H and O–H groups in total. The third-order valence-electron chi connectivity index (χ3n) is 4.91. The summed E-state index contributed by atoms with van der Waals surface area (Å²) < 4.78 is 1.93. The summed E-state index contributed by atoms with van der Waals surface area (Å²) in [6.45, 7) is 5.48. The molecule has 1 aromatic rings. The highest BCUT2D eigenvalue weighted by Gasteiger charge is 2.38. The number of nitrogens with one attached hydrogen (secondary N) is 1. The van der Waals surface area contributed by atoms with E-state index in [1.165, 1.54) is 24.1 Å². The van der Waals surface area contributed by atoms with E-state index in [1.807, 2.05) is 11.7 Å². The fourth-order valence-corrected chi connectivity index (χ4v) is 3.85. The van der Waals surface area contributed by atoms with Gasteiger partial charge in [0.25, 0.3) is 0 Å². The van der Waals surface area contributed by atoms with E-state index in [0.717, 1.165) is 30.7 Å². The van der Waals surface area contributed by atoms with Crippen LogP contribution in [-0.4, -0.2) is 15.8 Å². The molecule has 2 bridgehead atoms. The molecule has 0 aliphatic heterocycles. The van der Waals surface area contributed by atoms with Crippen LogP contribution in [0.1, 0.15) is 37.9 Å². The smallest absolute Gasteiger partial charge is 0.0666 e. The van der Waals surface area contributed by atoms with Gasteiger partial charge >= 0.3 is 0 Å². The molecule has 1 aromatic heterocycles.